The van der Waals surface area contributed by atoms with Crippen LogP contribution in [-0.2, 0) is 0 Å². The molecule has 0 bridgehead atoms. The second-order valence-corrected chi connectivity index (χ2v) is 5.72. The first-order valence-corrected chi connectivity index (χ1v) is 8.31. The molecule has 0 radical (unpaired) electrons. The molecule has 5 heteroatoms. The average molecular weight is 371 g/mol. The van der Waals surface area contributed by atoms with Crippen LogP contribution in [0.1, 0.15) is 18.0 Å². The summed E-state index contributed by atoms with van der Waals surface area (Å²) in [4.78, 5) is 0. The third-order valence-corrected chi connectivity index (χ3v) is 3.82. The van der Waals surface area contributed by atoms with Gasteiger partial charge in [-0.2, -0.15) is 0 Å². The summed E-state index contributed by atoms with van der Waals surface area (Å²) in [7, 11) is 0. The number of hydrogen-bond donors (Lipinski definition) is 2. The molecule has 136 valence electrons. The highest BCUT2D eigenvalue weighted by molar-refractivity contribution is 5.85. The minimum Gasteiger partial charge on any atom is -0.453 e. The monoisotopic (exact) mass is 370 g/mol. The number of ether oxygens (including phenoxy) is 2. The second-order valence-electron chi connectivity index (χ2n) is 5.72. The van der Waals surface area contributed by atoms with Crippen molar-refractivity contribution in [2.75, 3.05) is 6.54 Å². The van der Waals surface area contributed by atoms with Crippen molar-refractivity contribution in [2.24, 2.45) is 11.5 Å². The maximum Gasteiger partial charge on any atom is 0.170 e. The van der Waals surface area contributed by atoms with Crippen LogP contribution >= 0.6 is 12.4 Å². The van der Waals surface area contributed by atoms with Crippen LogP contribution in [0.15, 0.2) is 78.9 Å². The van der Waals surface area contributed by atoms with Gasteiger partial charge >= 0.3 is 0 Å². The van der Waals surface area contributed by atoms with E-state index in [-0.39, 0.29) is 18.4 Å². The largest absolute Gasteiger partial charge is 0.453 e. The average Bonchev–Trinajstić information content (AvgIpc) is 2.65. The van der Waals surface area contributed by atoms with Crippen LogP contribution < -0.4 is 20.9 Å². The van der Waals surface area contributed by atoms with Crippen molar-refractivity contribution in [2.45, 2.75) is 12.5 Å². The van der Waals surface area contributed by atoms with Gasteiger partial charge in [0, 0.05) is 6.04 Å². The van der Waals surface area contributed by atoms with Crippen molar-refractivity contribution in [1.29, 1.82) is 0 Å². The van der Waals surface area contributed by atoms with Crippen LogP contribution in [0.2, 0.25) is 0 Å². The Morgan fingerprint density at radius 1 is 0.731 bits per heavy atom. The van der Waals surface area contributed by atoms with Gasteiger partial charge in [-0.1, -0.05) is 42.5 Å². The fourth-order valence-electron chi connectivity index (χ4n) is 2.50. The quantitative estimate of drug-likeness (QED) is 0.611. The van der Waals surface area contributed by atoms with E-state index in [2.05, 4.69) is 0 Å². The molecule has 3 aromatic rings. The first kappa shape index (κ1) is 19.8. The Bertz CT molecular complexity index is 798. The SMILES string of the molecule is Cl.NCC[C@@H](N)c1ccc(Oc2ccccc2)c(Oc2ccccc2)c1. The Morgan fingerprint density at radius 2 is 1.27 bits per heavy atom. The van der Waals surface area contributed by atoms with Gasteiger partial charge in [0.15, 0.2) is 11.5 Å². The van der Waals surface area contributed by atoms with Gasteiger partial charge in [-0.25, -0.2) is 0 Å². The molecule has 0 aliphatic heterocycles. The summed E-state index contributed by atoms with van der Waals surface area (Å²) in [5.74, 6) is 2.75. The Morgan fingerprint density at radius 3 is 1.81 bits per heavy atom. The Hall–Kier alpha value is -2.53. The molecule has 0 aromatic heterocycles. The normalized spacial score (nSPS) is 11.3. The lowest BCUT2D eigenvalue weighted by Gasteiger charge is -2.16. The molecule has 4 nitrogen and oxygen atoms in total. The predicted octanol–water partition coefficient (Wildman–Crippen LogP) is 5.04. The van der Waals surface area contributed by atoms with E-state index in [1.807, 2.05) is 78.9 Å². The molecule has 1 atom stereocenters. The van der Waals surface area contributed by atoms with Crippen LogP contribution in [0.4, 0.5) is 0 Å². The number of para-hydroxylation sites is 2. The number of nitrogens with two attached hydrogens (primary N) is 2. The van der Waals surface area contributed by atoms with E-state index in [1.165, 1.54) is 0 Å². The van der Waals surface area contributed by atoms with E-state index >= 15 is 0 Å². The maximum absolute atomic E-state index is 6.19. The zero-order valence-electron chi connectivity index (χ0n) is 14.4. The minimum atomic E-state index is -0.131. The summed E-state index contributed by atoms with van der Waals surface area (Å²) >= 11 is 0. The van der Waals surface area contributed by atoms with Crippen LogP contribution in [0.25, 0.3) is 0 Å². The molecule has 0 heterocycles. The molecule has 0 unspecified atom stereocenters. The van der Waals surface area contributed by atoms with Crippen molar-refractivity contribution in [3.05, 3.63) is 84.4 Å². The fraction of sp³-hybridized carbons (Fsp3) is 0.143. The van der Waals surface area contributed by atoms with E-state index in [0.717, 1.165) is 17.1 Å². The van der Waals surface area contributed by atoms with Gasteiger partial charge in [-0.3, -0.25) is 0 Å². The molecule has 0 saturated heterocycles. The van der Waals surface area contributed by atoms with E-state index in [1.54, 1.807) is 0 Å². The lowest BCUT2D eigenvalue weighted by molar-refractivity contribution is 0.417. The molecule has 0 spiro atoms. The number of halogens is 1. The van der Waals surface area contributed by atoms with E-state index in [0.29, 0.717) is 24.5 Å². The molecule has 0 aliphatic rings. The highest BCUT2D eigenvalue weighted by Crippen LogP contribution is 2.36. The molecule has 3 rings (SSSR count). The second kappa shape index (κ2) is 9.82. The van der Waals surface area contributed by atoms with Crippen LogP contribution in [0.3, 0.4) is 0 Å². The third-order valence-electron chi connectivity index (χ3n) is 3.82. The third kappa shape index (κ3) is 5.23. The van der Waals surface area contributed by atoms with Gasteiger partial charge in [0.2, 0.25) is 0 Å². The number of benzene rings is 3. The van der Waals surface area contributed by atoms with Gasteiger partial charge in [0.25, 0.3) is 0 Å². The summed E-state index contributed by atoms with van der Waals surface area (Å²) in [5, 5.41) is 0. The zero-order chi connectivity index (χ0) is 17.5. The lowest BCUT2D eigenvalue weighted by Crippen LogP contribution is -2.15. The first-order chi connectivity index (χ1) is 12.3. The molecule has 4 N–H and O–H groups in total. The number of rotatable bonds is 7. The van der Waals surface area contributed by atoms with Crippen molar-refractivity contribution >= 4 is 12.4 Å². The van der Waals surface area contributed by atoms with Gasteiger partial charge in [0.1, 0.15) is 11.5 Å². The Kier molecular flexibility index (Phi) is 7.48. The van der Waals surface area contributed by atoms with Crippen LogP contribution in [-0.4, -0.2) is 6.54 Å². The summed E-state index contributed by atoms with van der Waals surface area (Å²) in [6, 6.07) is 24.8. The van der Waals surface area contributed by atoms with E-state index < -0.39 is 0 Å². The van der Waals surface area contributed by atoms with Gasteiger partial charge in [-0.05, 0) is 54.9 Å². The van der Waals surface area contributed by atoms with Crippen molar-refractivity contribution < 1.29 is 9.47 Å². The molecule has 0 saturated carbocycles. The van der Waals surface area contributed by atoms with Crippen molar-refractivity contribution in [1.82, 2.24) is 0 Å². The minimum absolute atomic E-state index is 0. The highest BCUT2D eigenvalue weighted by Gasteiger charge is 2.13. The summed E-state index contributed by atoms with van der Waals surface area (Å²) < 4.78 is 12.0. The molecular weight excluding hydrogens is 348 g/mol. The fourth-order valence-corrected chi connectivity index (χ4v) is 2.50. The summed E-state index contributed by atoms with van der Waals surface area (Å²) in [5.41, 5.74) is 12.8. The van der Waals surface area contributed by atoms with Gasteiger partial charge in [0.05, 0.1) is 0 Å². The first-order valence-electron chi connectivity index (χ1n) is 8.31. The smallest absolute Gasteiger partial charge is 0.170 e. The summed E-state index contributed by atoms with van der Waals surface area (Å²) in [6.45, 7) is 0.540. The molecule has 26 heavy (non-hydrogen) atoms. The van der Waals surface area contributed by atoms with E-state index in [9.17, 15) is 0 Å². The zero-order valence-corrected chi connectivity index (χ0v) is 15.2. The predicted molar refractivity (Wildman–Crippen MR) is 107 cm³/mol. The summed E-state index contributed by atoms with van der Waals surface area (Å²) in [6.07, 6.45) is 0.712. The molecule has 0 amide bonds. The molecular formula is C21H23ClN2O2. The maximum atomic E-state index is 6.19. The van der Waals surface area contributed by atoms with Crippen molar-refractivity contribution in [3.63, 3.8) is 0 Å². The van der Waals surface area contributed by atoms with Crippen LogP contribution in [0.5, 0.6) is 23.0 Å². The van der Waals surface area contributed by atoms with Crippen LogP contribution in [0, 0.1) is 0 Å². The van der Waals surface area contributed by atoms with Gasteiger partial charge < -0.3 is 20.9 Å². The molecule has 0 fully saturated rings. The standard InChI is InChI=1S/C21H22N2O2.ClH/c22-14-13-19(23)16-11-12-20(24-17-7-3-1-4-8-17)21(15-16)25-18-9-5-2-6-10-18;/h1-12,15,19H,13-14,22-23H2;1H/t19-;/m1./s1. The Labute approximate surface area is 160 Å². The Balaban J connectivity index is 0.00000243. The topological polar surface area (TPSA) is 70.5 Å². The molecule has 0 aliphatic carbocycles. The van der Waals surface area contributed by atoms with E-state index in [4.69, 9.17) is 20.9 Å². The highest BCUT2D eigenvalue weighted by atomic mass is 35.5. The number of hydrogen-bond acceptors (Lipinski definition) is 4. The van der Waals surface area contributed by atoms with Crippen molar-refractivity contribution in [3.8, 4) is 23.0 Å². The lowest BCUT2D eigenvalue weighted by atomic mass is 10.0. The van der Waals surface area contributed by atoms with Gasteiger partial charge in [-0.15, -0.1) is 12.4 Å². The molecule has 3 aromatic carbocycles.